The molecule has 4 rings (SSSR count). The van der Waals surface area contributed by atoms with Crippen LogP contribution in [-0.4, -0.2) is 20.7 Å². The van der Waals surface area contributed by atoms with E-state index in [1.54, 1.807) is 17.8 Å². The average molecular weight is 405 g/mol. The summed E-state index contributed by atoms with van der Waals surface area (Å²) in [5.41, 5.74) is 5.86. The quantitative estimate of drug-likeness (QED) is 0.501. The summed E-state index contributed by atoms with van der Waals surface area (Å²) in [6.07, 6.45) is 1.75. The number of aromatic nitrogens is 3. The number of anilines is 1. The van der Waals surface area contributed by atoms with E-state index in [0.717, 1.165) is 22.0 Å². The van der Waals surface area contributed by atoms with E-state index < -0.39 is 0 Å². The number of rotatable bonds is 4. The third-order valence-electron chi connectivity index (χ3n) is 4.97. The van der Waals surface area contributed by atoms with Crippen molar-refractivity contribution in [2.24, 2.45) is 0 Å². The zero-order valence-electron chi connectivity index (χ0n) is 16.5. The summed E-state index contributed by atoms with van der Waals surface area (Å²) in [5.74, 6) is -0.281. The number of benzene rings is 2. The minimum absolute atomic E-state index is 0.281. The van der Waals surface area contributed by atoms with Gasteiger partial charge in [0.2, 0.25) is 0 Å². The van der Waals surface area contributed by atoms with Gasteiger partial charge in [0.15, 0.2) is 0 Å². The van der Waals surface area contributed by atoms with E-state index in [2.05, 4.69) is 15.4 Å². The number of halogens is 1. The van der Waals surface area contributed by atoms with E-state index in [1.165, 1.54) is 5.56 Å². The molecular weight excluding hydrogens is 384 g/mol. The van der Waals surface area contributed by atoms with Crippen LogP contribution in [0.2, 0.25) is 5.15 Å². The Labute approximate surface area is 174 Å². The largest absolute Gasteiger partial charge is 0.321 e. The first kappa shape index (κ1) is 19.2. The number of hydrogen-bond donors (Lipinski definition) is 1. The van der Waals surface area contributed by atoms with Gasteiger partial charge in [0, 0.05) is 11.6 Å². The molecule has 0 spiro atoms. The Kier molecular flexibility index (Phi) is 5.07. The molecule has 0 aliphatic carbocycles. The van der Waals surface area contributed by atoms with Crippen LogP contribution in [0.1, 0.15) is 32.7 Å². The smallest absolute Gasteiger partial charge is 0.260 e. The van der Waals surface area contributed by atoms with Gasteiger partial charge in [-0.05, 0) is 50.1 Å². The fraction of sp³-hybridized carbons (Fsp3) is 0.174. The number of pyridine rings is 1. The third kappa shape index (κ3) is 3.74. The van der Waals surface area contributed by atoms with Gasteiger partial charge in [-0.1, -0.05) is 47.5 Å². The van der Waals surface area contributed by atoms with E-state index in [-0.39, 0.29) is 5.91 Å². The van der Waals surface area contributed by atoms with Crippen molar-refractivity contribution >= 4 is 34.1 Å². The third-order valence-corrected chi connectivity index (χ3v) is 5.35. The maximum Gasteiger partial charge on any atom is 0.260 e. The van der Waals surface area contributed by atoms with E-state index >= 15 is 0 Å². The molecule has 2 heterocycles. The van der Waals surface area contributed by atoms with Crippen LogP contribution in [0.25, 0.3) is 10.9 Å². The van der Waals surface area contributed by atoms with Crippen molar-refractivity contribution in [1.29, 1.82) is 0 Å². The van der Waals surface area contributed by atoms with Crippen molar-refractivity contribution in [2.75, 3.05) is 5.32 Å². The van der Waals surface area contributed by atoms with E-state index in [4.69, 9.17) is 11.6 Å². The first-order valence-electron chi connectivity index (χ1n) is 9.38. The molecule has 0 aliphatic rings. The number of amides is 1. The van der Waals surface area contributed by atoms with Crippen LogP contribution in [-0.2, 0) is 6.54 Å². The highest BCUT2D eigenvalue weighted by Crippen LogP contribution is 2.27. The number of carbonyl (C=O) groups excluding carboxylic acids is 1. The Morgan fingerprint density at radius 2 is 1.83 bits per heavy atom. The molecule has 1 N–H and O–H groups in total. The summed E-state index contributed by atoms with van der Waals surface area (Å²) in [6.45, 7) is 6.34. The molecule has 6 heteroatoms. The second-order valence-corrected chi connectivity index (χ2v) is 7.54. The van der Waals surface area contributed by atoms with Gasteiger partial charge in [0.25, 0.3) is 5.91 Å². The van der Waals surface area contributed by atoms with Crippen molar-refractivity contribution in [3.63, 3.8) is 0 Å². The molecule has 29 heavy (non-hydrogen) atoms. The summed E-state index contributed by atoms with van der Waals surface area (Å²) in [7, 11) is 0. The van der Waals surface area contributed by atoms with Gasteiger partial charge in [-0.3, -0.25) is 9.78 Å². The lowest BCUT2D eigenvalue weighted by Gasteiger charge is -2.10. The number of aryl methyl sites for hydroxylation is 3. The molecule has 0 saturated heterocycles. The van der Waals surface area contributed by atoms with E-state index in [0.29, 0.717) is 28.6 Å². The Hall–Kier alpha value is -3.18. The van der Waals surface area contributed by atoms with Crippen LogP contribution in [0, 0.1) is 20.8 Å². The summed E-state index contributed by atoms with van der Waals surface area (Å²) in [4.78, 5) is 17.4. The topological polar surface area (TPSA) is 59.8 Å². The van der Waals surface area contributed by atoms with Crippen molar-refractivity contribution in [3.8, 4) is 0 Å². The minimum Gasteiger partial charge on any atom is -0.321 e. The van der Waals surface area contributed by atoms with Gasteiger partial charge < -0.3 is 5.32 Å². The van der Waals surface area contributed by atoms with Crippen LogP contribution in [0.3, 0.4) is 0 Å². The van der Waals surface area contributed by atoms with Gasteiger partial charge in [-0.2, -0.15) is 5.10 Å². The molecule has 5 nitrogen and oxygen atoms in total. The van der Waals surface area contributed by atoms with Crippen LogP contribution >= 0.6 is 11.6 Å². The predicted molar refractivity (Wildman–Crippen MR) is 117 cm³/mol. The molecule has 0 aliphatic heterocycles. The van der Waals surface area contributed by atoms with Crippen molar-refractivity contribution < 1.29 is 4.79 Å². The highest BCUT2D eigenvalue weighted by atomic mass is 35.5. The lowest BCUT2D eigenvalue weighted by Crippen LogP contribution is -2.13. The highest BCUT2D eigenvalue weighted by Gasteiger charge is 2.21. The molecule has 0 unspecified atom stereocenters. The van der Waals surface area contributed by atoms with E-state index in [9.17, 15) is 4.79 Å². The zero-order chi connectivity index (χ0) is 20.5. The summed E-state index contributed by atoms with van der Waals surface area (Å²) < 4.78 is 1.66. The molecule has 146 valence electrons. The highest BCUT2D eigenvalue weighted by molar-refractivity contribution is 6.33. The number of nitrogens with zero attached hydrogens (tertiary/aromatic N) is 3. The molecule has 2 aromatic carbocycles. The molecule has 0 radical (unpaired) electrons. The minimum atomic E-state index is -0.281. The molecule has 0 bridgehead atoms. The molecule has 2 aromatic heterocycles. The van der Waals surface area contributed by atoms with E-state index in [1.807, 2.05) is 62.4 Å². The first-order valence-corrected chi connectivity index (χ1v) is 9.76. The molecular formula is C23H21ClN4O. The van der Waals surface area contributed by atoms with Crippen molar-refractivity contribution in [3.05, 3.63) is 87.8 Å². The molecule has 4 aromatic rings. The molecule has 0 fully saturated rings. The van der Waals surface area contributed by atoms with Crippen LogP contribution < -0.4 is 5.32 Å². The van der Waals surface area contributed by atoms with Gasteiger partial charge in [-0.15, -0.1) is 0 Å². The lowest BCUT2D eigenvalue weighted by molar-refractivity contribution is 0.102. The fourth-order valence-electron chi connectivity index (χ4n) is 3.39. The van der Waals surface area contributed by atoms with Crippen LogP contribution in [0.4, 0.5) is 5.69 Å². The van der Waals surface area contributed by atoms with Gasteiger partial charge in [0.1, 0.15) is 5.15 Å². The summed E-state index contributed by atoms with van der Waals surface area (Å²) in [5, 5.41) is 8.68. The molecule has 1 amide bonds. The van der Waals surface area contributed by atoms with Gasteiger partial charge in [0.05, 0.1) is 29.0 Å². The summed E-state index contributed by atoms with van der Waals surface area (Å²) >= 11 is 6.54. The fourth-order valence-corrected chi connectivity index (χ4v) is 3.71. The van der Waals surface area contributed by atoms with Gasteiger partial charge >= 0.3 is 0 Å². The molecule has 0 saturated carbocycles. The average Bonchev–Trinajstić information content (AvgIpc) is 2.99. The lowest BCUT2D eigenvalue weighted by atomic mass is 10.1. The second-order valence-electron chi connectivity index (χ2n) is 7.18. The maximum atomic E-state index is 13.0. The maximum absolute atomic E-state index is 13.0. The van der Waals surface area contributed by atoms with Crippen LogP contribution in [0.15, 0.2) is 54.7 Å². The second kappa shape index (κ2) is 7.68. The first-order chi connectivity index (χ1) is 13.9. The standard InChI is InChI=1S/C23H21ClN4O/c1-14-6-9-17(10-7-14)13-28-22(24)20(16(3)27-28)23(29)26-19-11-8-15(2)21-18(19)5-4-12-25-21/h4-12H,13H2,1-3H3,(H,26,29). The number of hydrogen-bond acceptors (Lipinski definition) is 3. The zero-order valence-corrected chi connectivity index (χ0v) is 17.3. The number of fused-ring (bicyclic) bond motifs is 1. The Morgan fingerprint density at radius 3 is 2.59 bits per heavy atom. The van der Waals surface area contributed by atoms with Gasteiger partial charge in [-0.25, -0.2) is 4.68 Å². The van der Waals surface area contributed by atoms with Crippen molar-refractivity contribution in [1.82, 2.24) is 14.8 Å². The number of nitrogens with one attached hydrogen (secondary N) is 1. The predicted octanol–water partition coefficient (Wildman–Crippen LogP) is 5.31. The Bertz CT molecular complexity index is 1210. The Morgan fingerprint density at radius 1 is 1.07 bits per heavy atom. The Balaban J connectivity index is 1.64. The SMILES string of the molecule is Cc1ccc(Cn2nc(C)c(C(=O)Nc3ccc(C)c4ncccc34)c2Cl)cc1. The summed E-state index contributed by atoms with van der Waals surface area (Å²) in [6, 6.07) is 15.8. The normalized spacial score (nSPS) is 11.0. The molecule has 0 atom stereocenters. The van der Waals surface area contributed by atoms with Crippen molar-refractivity contribution in [2.45, 2.75) is 27.3 Å². The monoisotopic (exact) mass is 404 g/mol. The number of carbonyl (C=O) groups is 1. The van der Waals surface area contributed by atoms with Crippen LogP contribution in [0.5, 0.6) is 0 Å².